The van der Waals surface area contributed by atoms with Crippen LogP contribution < -0.4 is 10.6 Å². The fraction of sp³-hybridized carbons (Fsp3) is 0.167. The number of aromatic nitrogens is 2. The number of carbonyl (C=O) groups excluding carboxylic acids is 2. The van der Waals surface area contributed by atoms with Gasteiger partial charge in [0.1, 0.15) is 11.4 Å². The van der Waals surface area contributed by atoms with Gasteiger partial charge in [0.25, 0.3) is 5.91 Å². The van der Waals surface area contributed by atoms with Gasteiger partial charge in [-0.05, 0) is 35.9 Å². The summed E-state index contributed by atoms with van der Waals surface area (Å²) in [5.74, 6) is -1.12. The second-order valence-electron chi connectivity index (χ2n) is 6.33. The maximum Gasteiger partial charge on any atom is 0.322 e. The molecule has 1 unspecified atom stereocenters. The van der Waals surface area contributed by atoms with E-state index < -0.39 is 23.3 Å². The molecule has 7 nitrogen and oxygen atoms in total. The normalized spacial score (nSPS) is 19.6. The first-order valence-electron chi connectivity index (χ1n) is 7.97. The lowest BCUT2D eigenvalue weighted by Gasteiger charge is -2.27. The van der Waals surface area contributed by atoms with Crippen molar-refractivity contribution in [2.45, 2.75) is 18.5 Å². The zero-order chi connectivity index (χ0) is 18.3. The quantitative estimate of drug-likeness (QED) is 0.622. The van der Waals surface area contributed by atoms with Crippen molar-refractivity contribution in [2.75, 3.05) is 0 Å². The Morgan fingerprint density at radius 3 is 2.65 bits per heavy atom. The van der Waals surface area contributed by atoms with E-state index in [1.807, 2.05) is 0 Å². The molecular weight excluding hydrogens is 339 g/mol. The fourth-order valence-electron chi connectivity index (χ4n) is 3.30. The van der Waals surface area contributed by atoms with Gasteiger partial charge < -0.3 is 15.0 Å². The van der Waals surface area contributed by atoms with Crippen molar-refractivity contribution in [3.63, 3.8) is 0 Å². The summed E-state index contributed by atoms with van der Waals surface area (Å²) in [7, 11) is 0. The molecule has 1 aliphatic rings. The molecule has 0 aliphatic carbocycles. The van der Waals surface area contributed by atoms with E-state index in [-0.39, 0.29) is 18.8 Å². The Labute approximate surface area is 147 Å². The molecule has 1 atom stereocenters. The number of imide groups is 1. The lowest BCUT2D eigenvalue weighted by atomic mass is 9.91. The third-order valence-corrected chi connectivity index (χ3v) is 4.53. The molecule has 8 heteroatoms. The number of urea groups is 1. The number of hydrogen-bond acceptors (Lipinski definition) is 4. The van der Waals surface area contributed by atoms with Gasteiger partial charge in [0.05, 0.1) is 6.54 Å². The van der Waals surface area contributed by atoms with Gasteiger partial charge in [-0.2, -0.15) is 0 Å². The Morgan fingerprint density at radius 2 is 1.96 bits per heavy atom. The van der Waals surface area contributed by atoms with Gasteiger partial charge in [-0.15, -0.1) is 0 Å². The number of hydrogen-bond donors (Lipinski definition) is 3. The highest BCUT2D eigenvalue weighted by molar-refractivity contribution is 6.07. The molecule has 26 heavy (non-hydrogen) atoms. The van der Waals surface area contributed by atoms with E-state index in [4.69, 9.17) is 0 Å². The number of nitrogens with zero attached hydrogens (tertiary/aromatic N) is 2. The van der Waals surface area contributed by atoms with E-state index in [9.17, 15) is 19.1 Å². The molecule has 1 saturated heterocycles. The first-order valence-corrected chi connectivity index (χ1v) is 7.97. The number of aromatic hydroxyl groups is 1. The van der Waals surface area contributed by atoms with Crippen LogP contribution in [0.5, 0.6) is 5.88 Å². The number of carbonyl (C=O) groups is 2. The lowest BCUT2D eigenvalue weighted by Crippen LogP contribution is -2.52. The van der Waals surface area contributed by atoms with Crippen LogP contribution in [0.25, 0.3) is 10.8 Å². The van der Waals surface area contributed by atoms with Gasteiger partial charge in [0.15, 0.2) is 5.88 Å². The number of amides is 3. The highest BCUT2D eigenvalue weighted by Crippen LogP contribution is 2.30. The topological polar surface area (TPSA) is 96.2 Å². The van der Waals surface area contributed by atoms with Crippen LogP contribution in [0, 0.1) is 5.82 Å². The molecule has 2 aromatic heterocycles. The number of fused-ring (bicyclic) bond motifs is 1. The largest absolute Gasteiger partial charge is 0.494 e. The summed E-state index contributed by atoms with van der Waals surface area (Å²) in [6.07, 6.45) is 5.04. The van der Waals surface area contributed by atoms with Crippen molar-refractivity contribution in [3.8, 4) is 5.88 Å². The van der Waals surface area contributed by atoms with Crippen LogP contribution in [0.3, 0.4) is 0 Å². The van der Waals surface area contributed by atoms with Gasteiger partial charge in [0.2, 0.25) is 0 Å². The number of rotatable bonds is 4. The van der Waals surface area contributed by atoms with E-state index in [0.717, 1.165) is 5.56 Å². The van der Waals surface area contributed by atoms with Crippen molar-refractivity contribution in [3.05, 3.63) is 60.3 Å². The average Bonchev–Trinajstić information content (AvgIpc) is 3.05. The summed E-state index contributed by atoms with van der Waals surface area (Å²) in [5, 5.41) is 16.3. The Balaban J connectivity index is 1.75. The van der Waals surface area contributed by atoms with Crippen LogP contribution in [-0.2, 0) is 17.8 Å². The number of benzene rings is 1. The van der Waals surface area contributed by atoms with E-state index in [2.05, 4.69) is 15.6 Å². The number of pyridine rings is 1. The zero-order valence-electron chi connectivity index (χ0n) is 13.6. The molecule has 3 N–H and O–H groups in total. The molecule has 0 spiro atoms. The second-order valence-corrected chi connectivity index (χ2v) is 6.33. The number of halogens is 1. The Hall–Kier alpha value is -3.42. The highest BCUT2D eigenvalue weighted by Gasteiger charge is 2.46. The third-order valence-electron chi connectivity index (χ3n) is 4.53. The molecule has 132 valence electrons. The number of nitrogens with one attached hydrogen (secondary N) is 2. The molecule has 3 heterocycles. The van der Waals surface area contributed by atoms with Gasteiger partial charge in [-0.25, -0.2) is 9.18 Å². The summed E-state index contributed by atoms with van der Waals surface area (Å²) in [4.78, 5) is 28.2. The van der Waals surface area contributed by atoms with Gasteiger partial charge in [-0.1, -0.05) is 0 Å². The van der Waals surface area contributed by atoms with Crippen LogP contribution in [0.2, 0.25) is 0 Å². The van der Waals surface area contributed by atoms with Crippen LogP contribution in [0.4, 0.5) is 9.18 Å². The van der Waals surface area contributed by atoms with Crippen LogP contribution in [0.15, 0.2) is 48.9 Å². The average molecular weight is 354 g/mol. The minimum Gasteiger partial charge on any atom is -0.494 e. The predicted molar refractivity (Wildman–Crippen MR) is 90.9 cm³/mol. The van der Waals surface area contributed by atoms with Crippen LogP contribution in [0.1, 0.15) is 5.56 Å². The van der Waals surface area contributed by atoms with Gasteiger partial charge >= 0.3 is 6.03 Å². The summed E-state index contributed by atoms with van der Waals surface area (Å²) < 4.78 is 14.9. The minimum absolute atomic E-state index is 0.00493. The molecular formula is C18H15FN4O3. The Kier molecular flexibility index (Phi) is 3.61. The molecule has 3 amide bonds. The molecule has 0 bridgehead atoms. The zero-order valence-corrected chi connectivity index (χ0v) is 13.6. The van der Waals surface area contributed by atoms with E-state index in [0.29, 0.717) is 10.8 Å². The standard InChI is InChI=1S/C18H15FN4O3/c19-13-2-1-12-9-23(15(24)14(12)7-13)10-18(16(25)21-17(26)22-18)8-11-3-5-20-6-4-11/h1-7,9,24H,8,10H2,(H2,21,22,25,26). The molecule has 4 rings (SSSR count). The van der Waals surface area contributed by atoms with Crippen molar-refractivity contribution < 1.29 is 19.1 Å². The minimum atomic E-state index is -1.27. The van der Waals surface area contributed by atoms with Crippen molar-refractivity contribution in [1.82, 2.24) is 20.2 Å². The fourth-order valence-corrected chi connectivity index (χ4v) is 3.30. The Morgan fingerprint density at radius 1 is 1.19 bits per heavy atom. The molecule has 0 radical (unpaired) electrons. The summed E-state index contributed by atoms with van der Waals surface area (Å²) in [6, 6.07) is 6.98. The summed E-state index contributed by atoms with van der Waals surface area (Å²) in [6.45, 7) is -0.00493. The molecule has 1 fully saturated rings. The van der Waals surface area contributed by atoms with E-state index >= 15 is 0 Å². The van der Waals surface area contributed by atoms with Crippen LogP contribution in [-0.4, -0.2) is 32.1 Å². The first kappa shape index (κ1) is 16.1. The third kappa shape index (κ3) is 2.65. The van der Waals surface area contributed by atoms with Gasteiger partial charge in [-0.3, -0.25) is 15.1 Å². The van der Waals surface area contributed by atoms with E-state index in [1.54, 1.807) is 36.8 Å². The maximum atomic E-state index is 13.5. The van der Waals surface area contributed by atoms with Crippen molar-refractivity contribution in [1.29, 1.82) is 0 Å². The maximum absolute atomic E-state index is 13.5. The second kappa shape index (κ2) is 5.83. The first-order chi connectivity index (χ1) is 12.5. The lowest BCUT2D eigenvalue weighted by molar-refractivity contribution is -0.124. The van der Waals surface area contributed by atoms with Gasteiger partial charge in [0, 0.05) is 35.8 Å². The molecule has 3 aromatic rings. The van der Waals surface area contributed by atoms with Crippen LogP contribution >= 0.6 is 0 Å². The summed E-state index contributed by atoms with van der Waals surface area (Å²) >= 11 is 0. The highest BCUT2D eigenvalue weighted by atomic mass is 19.1. The molecule has 0 saturated carbocycles. The van der Waals surface area contributed by atoms with Crippen molar-refractivity contribution >= 4 is 22.7 Å². The molecule has 1 aliphatic heterocycles. The van der Waals surface area contributed by atoms with Crippen molar-refractivity contribution in [2.24, 2.45) is 0 Å². The van der Waals surface area contributed by atoms with E-state index in [1.165, 1.54) is 16.7 Å². The predicted octanol–water partition coefficient (Wildman–Crippen LogP) is 1.70. The molecule has 1 aromatic carbocycles. The summed E-state index contributed by atoms with van der Waals surface area (Å²) in [5.41, 5.74) is -0.469. The monoisotopic (exact) mass is 354 g/mol. The smallest absolute Gasteiger partial charge is 0.322 e. The Bertz CT molecular complexity index is 1020. The SMILES string of the molecule is O=C1NC(=O)C(Cc2ccncc2)(Cn2cc3ccc(F)cc3c2O)N1.